The highest BCUT2D eigenvalue weighted by Gasteiger charge is 2.35. The molecule has 0 bridgehead atoms. The molecule has 30 heavy (non-hydrogen) atoms. The molecule has 14 heteroatoms. The molecule has 1 aromatic carbocycles. The number of rotatable bonds is 8. The summed E-state index contributed by atoms with van der Waals surface area (Å²) in [4.78, 5) is 37.2. The van der Waals surface area contributed by atoms with E-state index in [0.717, 1.165) is 0 Å². The van der Waals surface area contributed by atoms with E-state index in [4.69, 9.17) is 5.11 Å². The first-order chi connectivity index (χ1) is 13.9. The van der Waals surface area contributed by atoms with Crippen molar-refractivity contribution < 1.29 is 39.9 Å². The molecule has 11 nitrogen and oxygen atoms in total. The maximum absolute atomic E-state index is 12.5. The highest BCUT2D eigenvalue weighted by molar-refractivity contribution is 14.1. The normalized spacial score (nSPS) is 15.0. The number of aliphatic hydroxyl groups excluding tert-OH is 5. The molecule has 4 atom stereocenters. The fourth-order valence-electron chi connectivity index (χ4n) is 2.30. The second-order valence-electron chi connectivity index (χ2n) is 5.89. The van der Waals surface area contributed by atoms with Crippen LogP contribution in [0.15, 0.2) is 0 Å². The average molecular weight is 763 g/mol. The molecular formula is C16H20I3N3O8. The van der Waals surface area contributed by atoms with Gasteiger partial charge in [-0.3, -0.25) is 14.4 Å². The van der Waals surface area contributed by atoms with Gasteiger partial charge in [-0.25, -0.2) is 0 Å². The summed E-state index contributed by atoms with van der Waals surface area (Å²) < 4.78 is 0.902. The van der Waals surface area contributed by atoms with Crippen molar-refractivity contribution in [3.8, 4) is 0 Å². The molecule has 0 aliphatic carbocycles. The number of benzene rings is 1. The van der Waals surface area contributed by atoms with Crippen molar-refractivity contribution in [2.75, 3.05) is 26.0 Å². The Morgan fingerprint density at radius 3 is 1.63 bits per heavy atom. The van der Waals surface area contributed by atoms with Gasteiger partial charge in [-0.2, -0.15) is 0 Å². The van der Waals surface area contributed by atoms with Gasteiger partial charge in [0.15, 0.2) is 6.10 Å². The summed E-state index contributed by atoms with van der Waals surface area (Å²) in [7, 11) is 2.80. The van der Waals surface area contributed by atoms with Gasteiger partial charge in [-0.15, -0.1) is 0 Å². The number of aliphatic hydroxyl groups is 5. The Kier molecular flexibility index (Phi) is 11.1. The second kappa shape index (κ2) is 12.0. The molecule has 1 aromatic rings. The Balaban J connectivity index is 3.45. The molecule has 8 N–H and O–H groups in total. The first kappa shape index (κ1) is 27.7. The number of amides is 3. The minimum Gasteiger partial charge on any atom is -0.394 e. The van der Waals surface area contributed by atoms with Crippen LogP contribution in [0.2, 0.25) is 0 Å². The van der Waals surface area contributed by atoms with Crippen LogP contribution in [0.3, 0.4) is 0 Å². The zero-order valence-corrected chi connectivity index (χ0v) is 22.1. The fraction of sp³-hybridized carbons (Fsp3) is 0.438. The first-order valence-corrected chi connectivity index (χ1v) is 11.5. The average Bonchev–Trinajstić information content (AvgIpc) is 2.73. The van der Waals surface area contributed by atoms with Gasteiger partial charge >= 0.3 is 0 Å². The number of carbonyl (C=O) groups excluding carboxylic acids is 3. The van der Waals surface area contributed by atoms with Crippen LogP contribution in [0, 0.1) is 10.7 Å². The van der Waals surface area contributed by atoms with Gasteiger partial charge in [0.25, 0.3) is 17.7 Å². The molecule has 0 aromatic heterocycles. The second-order valence-corrected chi connectivity index (χ2v) is 9.13. The van der Waals surface area contributed by atoms with E-state index in [-0.39, 0.29) is 24.0 Å². The zero-order valence-electron chi connectivity index (χ0n) is 15.6. The number of hydrogen-bond donors (Lipinski definition) is 8. The van der Waals surface area contributed by atoms with Crippen molar-refractivity contribution in [3.05, 3.63) is 21.8 Å². The third kappa shape index (κ3) is 5.90. The molecule has 0 fully saturated rings. The van der Waals surface area contributed by atoms with Crippen molar-refractivity contribution in [1.29, 1.82) is 0 Å². The van der Waals surface area contributed by atoms with Crippen molar-refractivity contribution in [2.45, 2.75) is 24.4 Å². The Labute approximate surface area is 212 Å². The number of halogens is 3. The van der Waals surface area contributed by atoms with Crippen molar-refractivity contribution in [1.82, 2.24) is 10.6 Å². The lowest BCUT2D eigenvalue weighted by Gasteiger charge is -2.25. The Morgan fingerprint density at radius 1 is 0.833 bits per heavy atom. The van der Waals surface area contributed by atoms with Crippen LogP contribution in [0.4, 0.5) is 5.69 Å². The molecule has 0 heterocycles. The van der Waals surface area contributed by atoms with Gasteiger partial charge < -0.3 is 41.5 Å². The van der Waals surface area contributed by atoms with Gasteiger partial charge in [-0.1, -0.05) is 0 Å². The van der Waals surface area contributed by atoms with Crippen LogP contribution in [0.5, 0.6) is 0 Å². The first-order valence-electron chi connectivity index (χ1n) is 8.23. The van der Waals surface area contributed by atoms with E-state index in [1.165, 1.54) is 14.1 Å². The lowest BCUT2D eigenvalue weighted by atomic mass is 10.0. The summed E-state index contributed by atoms with van der Waals surface area (Å²) >= 11 is 5.45. The monoisotopic (exact) mass is 763 g/mol. The molecular weight excluding hydrogens is 743 g/mol. The maximum atomic E-state index is 12.5. The molecule has 0 saturated heterocycles. The lowest BCUT2D eigenvalue weighted by Crippen LogP contribution is -2.50. The predicted octanol–water partition coefficient (Wildman–Crippen LogP) is -1.41. The number of carbonyl (C=O) groups is 3. The molecule has 3 amide bonds. The Hall–Kier alpha value is -0.380. The van der Waals surface area contributed by atoms with Crippen LogP contribution in [0.1, 0.15) is 20.7 Å². The highest BCUT2D eigenvalue weighted by atomic mass is 127. The standard InChI is InChI=1S/C16H20I3N3O8/c1-20-14(28)5-7(17)6(15(29)21-2)9(19)10(8(5)18)22-16(30)13(27)12(26)11(25)4(24)3-23/h4,11-13,23-27H,3H2,1-2H3,(H,20,28)(H,21,29)(H,22,30)/t4-,11-,12+,13-/m1/s1. The van der Waals surface area contributed by atoms with Crippen LogP contribution in [-0.2, 0) is 4.79 Å². The van der Waals surface area contributed by atoms with Crippen LogP contribution >= 0.6 is 67.8 Å². The molecule has 168 valence electrons. The largest absolute Gasteiger partial charge is 0.394 e. The summed E-state index contributed by atoms with van der Waals surface area (Å²) in [5.74, 6) is -2.18. The van der Waals surface area contributed by atoms with Crippen molar-refractivity contribution in [3.63, 3.8) is 0 Å². The zero-order chi connectivity index (χ0) is 23.3. The Bertz CT molecular complexity index is 795. The van der Waals surface area contributed by atoms with E-state index >= 15 is 0 Å². The highest BCUT2D eigenvalue weighted by Crippen LogP contribution is 2.36. The van der Waals surface area contributed by atoms with Crippen molar-refractivity contribution in [2.24, 2.45) is 0 Å². The third-order valence-corrected chi connectivity index (χ3v) is 7.23. The van der Waals surface area contributed by atoms with Gasteiger partial charge in [0.05, 0.1) is 30.6 Å². The summed E-state index contributed by atoms with van der Waals surface area (Å²) in [5.41, 5.74) is 0.292. The minimum atomic E-state index is -2.18. The third-order valence-electron chi connectivity index (χ3n) is 4.00. The van der Waals surface area contributed by atoms with E-state index in [0.29, 0.717) is 3.57 Å². The molecule has 0 unspecified atom stereocenters. The number of anilines is 1. The SMILES string of the molecule is CNC(=O)c1c(I)c(NC(=O)[C@H](O)[C@@H](O)[C@H](O)[C@H](O)CO)c(I)c(C(=O)NC)c1I. The van der Waals surface area contributed by atoms with E-state index < -0.39 is 48.7 Å². The summed E-state index contributed by atoms with van der Waals surface area (Å²) in [6.07, 6.45) is -8.06. The summed E-state index contributed by atoms with van der Waals surface area (Å²) in [6.45, 7) is -0.898. The molecule has 0 aliphatic heterocycles. The number of hydrogen-bond acceptors (Lipinski definition) is 8. The van der Waals surface area contributed by atoms with Gasteiger partial charge in [0.1, 0.15) is 18.3 Å². The smallest absolute Gasteiger partial charge is 0.256 e. The topological polar surface area (TPSA) is 188 Å². The lowest BCUT2D eigenvalue weighted by molar-refractivity contribution is -0.144. The molecule has 0 spiro atoms. The summed E-state index contributed by atoms with van der Waals surface area (Å²) in [6, 6.07) is 0. The predicted molar refractivity (Wildman–Crippen MR) is 131 cm³/mol. The quantitative estimate of drug-likeness (QED) is 0.149. The molecule has 1 rings (SSSR count). The van der Waals surface area contributed by atoms with Gasteiger partial charge in [0.2, 0.25) is 0 Å². The van der Waals surface area contributed by atoms with Crippen LogP contribution in [0.25, 0.3) is 0 Å². The van der Waals surface area contributed by atoms with Crippen molar-refractivity contribution >= 4 is 91.2 Å². The minimum absolute atomic E-state index is 0.0438. The van der Waals surface area contributed by atoms with Gasteiger partial charge in [0, 0.05) is 17.7 Å². The Morgan fingerprint density at radius 2 is 1.27 bits per heavy atom. The van der Waals surface area contributed by atoms with Crippen LogP contribution < -0.4 is 16.0 Å². The molecule has 0 radical (unpaired) electrons. The fourth-order valence-corrected chi connectivity index (χ4v) is 6.71. The molecule has 0 saturated carbocycles. The van der Waals surface area contributed by atoms with E-state index in [9.17, 15) is 34.8 Å². The molecule has 0 aliphatic rings. The van der Waals surface area contributed by atoms with E-state index in [1.54, 1.807) is 45.2 Å². The van der Waals surface area contributed by atoms with E-state index in [1.807, 2.05) is 22.6 Å². The number of nitrogens with one attached hydrogen (secondary N) is 3. The van der Waals surface area contributed by atoms with E-state index in [2.05, 4.69) is 16.0 Å². The van der Waals surface area contributed by atoms with Crippen LogP contribution in [-0.4, -0.2) is 88.4 Å². The maximum Gasteiger partial charge on any atom is 0.256 e. The summed E-state index contributed by atoms with van der Waals surface area (Å²) in [5, 5.41) is 55.2. The van der Waals surface area contributed by atoms with Gasteiger partial charge in [-0.05, 0) is 67.8 Å².